The van der Waals surface area contributed by atoms with Crippen LogP contribution in [0.2, 0.25) is 0 Å². The van der Waals surface area contributed by atoms with Crippen molar-refractivity contribution in [2.75, 3.05) is 0 Å². The summed E-state index contributed by atoms with van der Waals surface area (Å²) in [5.41, 5.74) is 0. The number of aliphatic carboxylic acids is 1. The van der Waals surface area contributed by atoms with E-state index in [1.54, 1.807) is 0 Å². The number of carboxylic acid groups (broad SMARTS) is 1. The first-order valence-electron chi connectivity index (χ1n) is 3.84. The molecule has 0 bridgehead atoms. The number of hydrogen-bond donors (Lipinski definition) is 1. The van der Waals surface area contributed by atoms with Gasteiger partial charge in [-0.15, -0.1) is 0 Å². The van der Waals surface area contributed by atoms with E-state index in [0.29, 0.717) is 12.3 Å². The monoisotopic (exact) mass is 310 g/mol. The second kappa shape index (κ2) is 8.81. The minimum absolute atomic E-state index is 0. The molecule has 0 aromatic carbocycles. The summed E-state index contributed by atoms with van der Waals surface area (Å²) in [7, 11) is 0. The van der Waals surface area contributed by atoms with Crippen LogP contribution in [0.5, 0.6) is 0 Å². The third kappa shape index (κ3) is 13.7. The predicted molar refractivity (Wildman–Crippen MR) is 40.9 cm³/mol. The molecular weight excluding hydrogens is 295 g/mol. The van der Waals surface area contributed by atoms with Crippen molar-refractivity contribution < 1.29 is 47.2 Å². The minimum Gasteiger partial charge on any atom is -0.481 e. The van der Waals surface area contributed by atoms with Crippen molar-refractivity contribution in [2.45, 2.75) is 39.5 Å². The summed E-state index contributed by atoms with van der Waals surface area (Å²) in [4.78, 5) is 10.0. The molecule has 0 aliphatic rings. The Balaban J connectivity index is 0. The van der Waals surface area contributed by atoms with E-state index in [4.69, 9.17) is 5.11 Å². The van der Waals surface area contributed by atoms with E-state index in [9.17, 15) is 4.79 Å². The smallest absolute Gasteiger partial charge is 0.303 e. The van der Waals surface area contributed by atoms with Gasteiger partial charge < -0.3 is 5.11 Å². The average Bonchev–Trinajstić information content (AvgIpc) is 1.79. The largest absolute Gasteiger partial charge is 0.481 e. The average molecular weight is 311 g/mol. The molecular formula is C8H16ErO2. The van der Waals surface area contributed by atoms with Gasteiger partial charge >= 0.3 is 5.97 Å². The van der Waals surface area contributed by atoms with Crippen molar-refractivity contribution in [3.8, 4) is 0 Å². The Morgan fingerprint density at radius 1 is 1.36 bits per heavy atom. The predicted octanol–water partition coefficient (Wildman–Crippen LogP) is 2.29. The molecule has 0 atom stereocenters. The normalized spacial score (nSPS) is 9.36. The van der Waals surface area contributed by atoms with Crippen molar-refractivity contribution in [1.29, 1.82) is 0 Å². The number of carboxylic acids is 1. The summed E-state index contributed by atoms with van der Waals surface area (Å²) in [6.07, 6.45) is 3.34. The first kappa shape index (κ1) is 14.3. The van der Waals surface area contributed by atoms with Crippen molar-refractivity contribution in [3.63, 3.8) is 0 Å². The molecule has 72 valence electrons. The van der Waals surface area contributed by atoms with Crippen LogP contribution in [0, 0.1) is 43.2 Å². The van der Waals surface area contributed by atoms with Gasteiger partial charge in [-0.2, -0.15) is 0 Å². The zero-order valence-electron chi connectivity index (χ0n) is 7.05. The summed E-state index contributed by atoms with van der Waals surface area (Å²) < 4.78 is 0. The van der Waals surface area contributed by atoms with Crippen LogP contribution < -0.4 is 0 Å². The third-order valence-corrected chi connectivity index (χ3v) is 1.42. The Bertz CT molecular complexity index is 102. The first-order chi connectivity index (χ1) is 4.63. The summed E-state index contributed by atoms with van der Waals surface area (Å²) in [5, 5.41) is 8.28. The van der Waals surface area contributed by atoms with Gasteiger partial charge in [0.2, 0.25) is 0 Å². The molecule has 0 aliphatic heterocycles. The van der Waals surface area contributed by atoms with Gasteiger partial charge in [0.15, 0.2) is 0 Å². The molecule has 0 amide bonds. The Morgan fingerprint density at radius 2 is 1.91 bits per heavy atom. The van der Waals surface area contributed by atoms with E-state index in [1.165, 1.54) is 0 Å². The summed E-state index contributed by atoms with van der Waals surface area (Å²) in [6.45, 7) is 4.31. The number of rotatable bonds is 5. The van der Waals surface area contributed by atoms with Gasteiger partial charge in [-0.25, -0.2) is 0 Å². The second-order valence-electron chi connectivity index (χ2n) is 3.03. The molecule has 0 heterocycles. The van der Waals surface area contributed by atoms with Gasteiger partial charge in [0.1, 0.15) is 0 Å². The van der Waals surface area contributed by atoms with Crippen LogP contribution in [-0.2, 0) is 4.79 Å². The van der Waals surface area contributed by atoms with Crippen LogP contribution in [0.25, 0.3) is 0 Å². The molecule has 11 heavy (non-hydrogen) atoms. The standard InChI is InChI=1S/C8H16O2.Er/c1-7(2)5-3-4-6-8(9)10;/h7H,3-6H2,1-2H3,(H,9,10);. The van der Waals surface area contributed by atoms with Gasteiger partial charge in [-0.3, -0.25) is 4.79 Å². The number of unbranched alkanes of at least 4 members (excludes halogenated alkanes) is 1. The molecule has 3 heteroatoms. The molecule has 0 rings (SSSR count). The Hall–Kier alpha value is 0.717. The maximum Gasteiger partial charge on any atom is 0.303 e. The van der Waals surface area contributed by atoms with Crippen LogP contribution in [0.15, 0.2) is 0 Å². The van der Waals surface area contributed by atoms with Gasteiger partial charge in [0, 0.05) is 43.7 Å². The van der Waals surface area contributed by atoms with Crippen molar-refractivity contribution in [1.82, 2.24) is 0 Å². The van der Waals surface area contributed by atoms with Gasteiger partial charge in [-0.05, 0) is 12.3 Å². The number of carbonyl (C=O) groups is 1. The summed E-state index contributed by atoms with van der Waals surface area (Å²) in [6, 6.07) is 0. The first-order valence-corrected chi connectivity index (χ1v) is 3.84. The second-order valence-corrected chi connectivity index (χ2v) is 3.03. The van der Waals surface area contributed by atoms with Crippen molar-refractivity contribution >= 4 is 5.97 Å². The molecule has 0 aromatic rings. The zero-order valence-corrected chi connectivity index (χ0v) is 8.90. The molecule has 0 aliphatic carbocycles. The topological polar surface area (TPSA) is 37.3 Å². The molecule has 0 saturated carbocycles. The molecule has 2 nitrogen and oxygen atoms in total. The molecule has 0 aromatic heterocycles. The fourth-order valence-corrected chi connectivity index (χ4v) is 0.829. The van der Waals surface area contributed by atoms with Crippen LogP contribution >= 0.6 is 0 Å². The fourth-order valence-electron chi connectivity index (χ4n) is 0.829. The Labute approximate surface area is 98.0 Å². The van der Waals surface area contributed by atoms with E-state index < -0.39 is 5.97 Å². The van der Waals surface area contributed by atoms with E-state index in [-0.39, 0.29) is 37.3 Å². The maximum atomic E-state index is 10.0. The van der Waals surface area contributed by atoms with E-state index in [0.717, 1.165) is 19.3 Å². The molecule has 0 unspecified atom stereocenters. The van der Waals surface area contributed by atoms with Crippen LogP contribution in [0.4, 0.5) is 0 Å². The summed E-state index contributed by atoms with van der Waals surface area (Å²) in [5.74, 6) is 0.0255. The van der Waals surface area contributed by atoms with Crippen molar-refractivity contribution in [3.05, 3.63) is 0 Å². The molecule has 0 fully saturated rings. The fraction of sp³-hybridized carbons (Fsp3) is 0.875. The molecule has 0 radical (unpaired) electrons. The SMILES string of the molecule is CC(C)CCCCC(=O)O.[Er]. The van der Waals surface area contributed by atoms with Gasteiger partial charge in [0.05, 0.1) is 0 Å². The molecule has 0 saturated heterocycles. The molecule has 0 spiro atoms. The number of hydrogen-bond acceptors (Lipinski definition) is 1. The maximum absolute atomic E-state index is 10.0. The van der Waals surface area contributed by atoms with E-state index in [1.807, 2.05) is 0 Å². The van der Waals surface area contributed by atoms with Gasteiger partial charge in [0.25, 0.3) is 0 Å². The van der Waals surface area contributed by atoms with Crippen LogP contribution in [-0.4, -0.2) is 11.1 Å². The Morgan fingerprint density at radius 3 is 2.27 bits per heavy atom. The van der Waals surface area contributed by atoms with E-state index in [2.05, 4.69) is 13.8 Å². The Kier molecular flexibility index (Phi) is 11.4. The van der Waals surface area contributed by atoms with Crippen molar-refractivity contribution in [2.24, 2.45) is 5.92 Å². The zero-order chi connectivity index (χ0) is 7.98. The van der Waals surface area contributed by atoms with E-state index >= 15 is 0 Å². The van der Waals surface area contributed by atoms with Crippen LogP contribution in [0.1, 0.15) is 39.5 Å². The summed E-state index contributed by atoms with van der Waals surface area (Å²) >= 11 is 0. The van der Waals surface area contributed by atoms with Crippen LogP contribution in [0.3, 0.4) is 0 Å². The quantitative estimate of drug-likeness (QED) is 0.791. The minimum atomic E-state index is -0.677. The van der Waals surface area contributed by atoms with Gasteiger partial charge in [-0.1, -0.05) is 26.7 Å². The third-order valence-electron chi connectivity index (χ3n) is 1.42. The molecule has 1 N–H and O–H groups in total.